The number of aromatic nitrogens is 4. The van der Waals surface area contributed by atoms with Crippen molar-refractivity contribution < 1.29 is 9.53 Å². The molecule has 6 rings (SSSR count). The standard InChI is InChI=1S/C24H22N6O2/c1-29-21-5-2-14(10-15(21)13-26-29)19-12-18(24(25)31)23-22(27-19)17-4-3-16(11-20(17)28-23)30-6-8-32-9-7-30/h2-5,10-13,28H,6-9H2,1H3,(H2,25,31). The van der Waals surface area contributed by atoms with Crippen molar-refractivity contribution in [2.45, 2.75) is 0 Å². The molecule has 1 amide bonds. The van der Waals surface area contributed by atoms with Crippen LogP contribution in [0.15, 0.2) is 48.7 Å². The summed E-state index contributed by atoms with van der Waals surface area (Å²) < 4.78 is 7.30. The molecule has 1 fully saturated rings. The maximum atomic E-state index is 12.3. The second-order valence-electron chi connectivity index (χ2n) is 8.14. The summed E-state index contributed by atoms with van der Waals surface area (Å²) in [4.78, 5) is 23.0. The van der Waals surface area contributed by atoms with Gasteiger partial charge in [-0.1, -0.05) is 6.07 Å². The fourth-order valence-electron chi connectivity index (χ4n) is 4.53. The number of anilines is 1. The monoisotopic (exact) mass is 426 g/mol. The van der Waals surface area contributed by atoms with Crippen LogP contribution in [-0.2, 0) is 11.8 Å². The average Bonchev–Trinajstić information content (AvgIpc) is 3.38. The second kappa shape index (κ2) is 7.06. The Hall–Kier alpha value is -3.91. The fraction of sp³-hybridized carbons (Fsp3) is 0.208. The first-order chi connectivity index (χ1) is 15.6. The van der Waals surface area contributed by atoms with Gasteiger partial charge in [0.2, 0.25) is 0 Å². The largest absolute Gasteiger partial charge is 0.378 e. The summed E-state index contributed by atoms with van der Waals surface area (Å²) in [6.45, 7) is 3.17. The summed E-state index contributed by atoms with van der Waals surface area (Å²) in [7, 11) is 1.91. The van der Waals surface area contributed by atoms with Gasteiger partial charge in [-0.3, -0.25) is 9.48 Å². The van der Waals surface area contributed by atoms with E-state index in [4.69, 9.17) is 15.5 Å². The highest BCUT2D eigenvalue weighted by Gasteiger charge is 2.18. The Kier molecular flexibility index (Phi) is 4.16. The van der Waals surface area contributed by atoms with Gasteiger partial charge >= 0.3 is 0 Å². The van der Waals surface area contributed by atoms with Gasteiger partial charge in [-0.25, -0.2) is 4.98 Å². The molecule has 8 heteroatoms. The number of nitrogens with two attached hydrogens (primary N) is 1. The third-order valence-electron chi connectivity index (χ3n) is 6.22. The number of pyridine rings is 1. The van der Waals surface area contributed by atoms with Crippen LogP contribution < -0.4 is 10.6 Å². The van der Waals surface area contributed by atoms with Crippen LogP contribution in [0.1, 0.15) is 10.4 Å². The van der Waals surface area contributed by atoms with Gasteiger partial charge in [0, 0.05) is 42.2 Å². The number of carbonyl (C=O) groups excluding carboxylic acids is 1. The molecule has 0 atom stereocenters. The van der Waals surface area contributed by atoms with Crippen LogP contribution in [0.25, 0.3) is 44.1 Å². The van der Waals surface area contributed by atoms with Crippen molar-refractivity contribution in [2.24, 2.45) is 12.8 Å². The first-order valence-electron chi connectivity index (χ1n) is 10.6. The smallest absolute Gasteiger partial charge is 0.250 e. The van der Waals surface area contributed by atoms with Gasteiger partial charge in [-0.15, -0.1) is 0 Å². The Labute approximate surface area is 183 Å². The van der Waals surface area contributed by atoms with Crippen molar-refractivity contribution in [1.82, 2.24) is 19.7 Å². The van der Waals surface area contributed by atoms with Crippen molar-refractivity contribution in [3.8, 4) is 11.3 Å². The summed E-state index contributed by atoms with van der Waals surface area (Å²) in [6, 6.07) is 14.1. The van der Waals surface area contributed by atoms with E-state index >= 15 is 0 Å². The number of amides is 1. The molecule has 3 aromatic heterocycles. The van der Waals surface area contributed by atoms with E-state index in [2.05, 4.69) is 33.2 Å². The maximum absolute atomic E-state index is 12.3. The van der Waals surface area contributed by atoms with E-state index in [0.29, 0.717) is 16.8 Å². The molecule has 0 radical (unpaired) electrons. The number of H-pyrrole nitrogens is 1. The molecule has 0 spiro atoms. The summed E-state index contributed by atoms with van der Waals surface area (Å²) in [6.07, 6.45) is 1.82. The van der Waals surface area contributed by atoms with Crippen molar-refractivity contribution in [1.29, 1.82) is 0 Å². The predicted octanol–water partition coefficient (Wildman–Crippen LogP) is 3.21. The maximum Gasteiger partial charge on any atom is 0.250 e. The molecule has 3 N–H and O–H groups in total. The number of hydrogen-bond acceptors (Lipinski definition) is 5. The van der Waals surface area contributed by atoms with E-state index in [9.17, 15) is 4.79 Å². The summed E-state index contributed by atoms with van der Waals surface area (Å²) in [5, 5.41) is 6.29. The first kappa shape index (κ1) is 18.8. The highest BCUT2D eigenvalue weighted by atomic mass is 16.5. The topological polar surface area (TPSA) is 102 Å². The Morgan fingerprint density at radius 1 is 1.12 bits per heavy atom. The zero-order valence-electron chi connectivity index (χ0n) is 17.6. The minimum Gasteiger partial charge on any atom is -0.378 e. The quantitative estimate of drug-likeness (QED) is 0.461. The van der Waals surface area contributed by atoms with Crippen LogP contribution in [0.2, 0.25) is 0 Å². The van der Waals surface area contributed by atoms with E-state index < -0.39 is 5.91 Å². The number of fused-ring (bicyclic) bond motifs is 4. The second-order valence-corrected chi connectivity index (χ2v) is 8.14. The van der Waals surface area contributed by atoms with Gasteiger partial charge in [-0.2, -0.15) is 5.10 Å². The van der Waals surface area contributed by atoms with Gasteiger partial charge in [0.1, 0.15) is 0 Å². The Morgan fingerprint density at radius 2 is 1.97 bits per heavy atom. The third kappa shape index (κ3) is 2.91. The lowest BCUT2D eigenvalue weighted by atomic mass is 10.1. The fourth-order valence-corrected chi connectivity index (χ4v) is 4.53. The number of ether oxygens (including phenoxy) is 1. The third-order valence-corrected chi connectivity index (χ3v) is 6.22. The number of nitrogens with zero attached hydrogens (tertiary/aromatic N) is 4. The van der Waals surface area contributed by atoms with Crippen LogP contribution >= 0.6 is 0 Å². The van der Waals surface area contributed by atoms with Gasteiger partial charge in [-0.05, 0) is 36.4 Å². The van der Waals surface area contributed by atoms with Crippen molar-refractivity contribution in [3.05, 3.63) is 54.2 Å². The number of benzene rings is 2. The molecule has 0 bridgehead atoms. The van der Waals surface area contributed by atoms with Crippen molar-refractivity contribution >= 4 is 44.4 Å². The molecule has 1 aliphatic heterocycles. The van der Waals surface area contributed by atoms with Crippen LogP contribution in [0, 0.1) is 0 Å². The van der Waals surface area contributed by atoms with Crippen LogP contribution in [0.4, 0.5) is 5.69 Å². The minimum atomic E-state index is -0.485. The molecule has 0 saturated carbocycles. The number of primary amides is 1. The SMILES string of the molecule is Cn1ncc2cc(-c3cc(C(N)=O)c4[nH]c5cc(N6CCOCC6)ccc5c4n3)ccc21. The van der Waals surface area contributed by atoms with Crippen LogP contribution in [0.5, 0.6) is 0 Å². The van der Waals surface area contributed by atoms with E-state index in [0.717, 1.165) is 64.9 Å². The van der Waals surface area contributed by atoms with E-state index in [1.807, 2.05) is 36.1 Å². The van der Waals surface area contributed by atoms with E-state index in [1.165, 1.54) is 0 Å². The number of rotatable bonds is 3. The summed E-state index contributed by atoms with van der Waals surface area (Å²) in [5.41, 5.74) is 12.3. The molecule has 0 unspecified atom stereocenters. The highest BCUT2D eigenvalue weighted by Crippen LogP contribution is 2.33. The molecular weight excluding hydrogens is 404 g/mol. The number of carbonyl (C=O) groups is 1. The van der Waals surface area contributed by atoms with Gasteiger partial charge in [0.25, 0.3) is 5.91 Å². The van der Waals surface area contributed by atoms with Crippen molar-refractivity contribution in [3.63, 3.8) is 0 Å². The first-order valence-corrected chi connectivity index (χ1v) is 10.6. The lowest BCUT2D eigenvalue weighted by molar-refractivity contribution is 0.100. The van der Waals surface area contributed by atoms with Gasteiger partial charge in [0.05, 0.1) is 52.7 Å². The molecule has 1 aliphatic rings. The molecule has 2 aromatic carbocycles. The minimum absolute atomic E-state index is 0.431. The number of aromatic amines is 1. The average molecular weight is 426 g/mol. The number of nitrogens with one attached hydrogen (secondary N) is 1. The Balaban J connectivity index is 1.53. The highest BCUT2D eigenvalue weighted by molar-refractivity contribution is 6.14. The van der Waals surface area contributed by atoms with Crippen LogP contribution in [-0.4, -0.2) is 52.0 Å². The van der Waals surface area contributed by atoms with E-state index in [-0.39, 0.29) is 0 Å². The lowest BCUT2D eigenvalue weighted by Gasteiger charge is -2.28. The molecule has 160 valence electrons. The normalized spacial score (nSPS) is 14.6. The zero-order chi connectivity index (χ0) is 21.8. The predicted molar refractivity (Wildman–Crippen MR) is 125 cm³/mol. The van der Waals surface area contributed by atoms with Gasteiger partial charge in [0.15, 0.2) is 0 Å². The van der Waals surface area contributed by atoms with E-state index in [1.54, 1.807) is 6.07 Å². The molecule has 4 heterocycles. The summed E-state index contributed by atoms with van der Waals surface area (Å²) >= 11 is 0. The summed E-state index contributed by atoms with van der Waals surface area (Å²) in [5.74, 6) is -0.485. The number of aryl methyl sites for hydroxylation is 1. The molecule has 1 saturated heterocycles. The molecule has 32 heavy (non-hydrogen) atoms. The number of hydrogen-bond donors (Lipinski definition) is 2. The van der Waals surface area contributed by atoms with Gasteiger partial charge < -0.3 is 20.4 Å². The molecule has 8 nitrogen and oxygen atoms in total. The number of morpholine rings is 1. The van der Waals surface area contributed by atoms with Crippen molar-refractivity contribution in [2.75, 3.05) is 31.2 Å². The zero-order valence-corrected chi connectivity index (χ0v) is 17.6. The molecule has 0 aliphatic carbocycles. The van der Waals surface area contributed by atoms with Crippen LogP contribution in [0.3, 0.4) is 0 Å². The Morgan fingerprint density at radius 3 is 2.78 bits per heavy atom. The molecular formula is C24H22N6O2. The lowest BCUT2D eigenvalue weighted by Crippen LogP contribution is -2.36. The molecule has 5 aromatic rings. The Bertz CT molecular complexity index is 1510.